The highest BCUT2D eigenvalue weighted by molar-refractivity contribution is 6.16. The molecular weight excluding hydrogens is 1230 g/mol. The number of hydrogen-bond donors (Lipinski definition) is 0. The fourth-order valence-corrected chi connectivity index (χ4v) is 17.9. The highest BCUT2D eigenvalue weighted by atomic mass is 15.0. The largest absolute Gasteiger partial charge is 0.309 e. The zero-order valence-corrected chi connectivity index (χ0v) is 56.6. The molecular formula is C98H66N4. The molecule has 0 saturated carbocycles. The highest BCUT2D eigenvalue weighted by Gasteiger charge is 2.54. The molecule has 13 aromatic carbocycles. The van der Waals surface area contributed by atoms with Crippen molar-refractivity contribution in [1.82, 2.24) is 19.5 Å². The van der Waals surface area contributed by atoms with Crippen molar-refractivity contribution in [1.29, 1.82) is 0 Å². The van der Waals surface area contributed by atoms with Crippen molar-refractivity contribution in [2.75, 3.05) is 0 Å². The lowest BCUT2D eigenvalue weighted by Crippen LogP contribution is -2.28. The smallest absolute Gasteiger partial charge is 0.164 e. The first-order valence-electron chi connectivity index (χ1n) is 35.6. The Hall–Kier alpha value is -12.8. The van der Waals surface area contributed by atoms with E-state index in [0.717, 1.165) is 96.5 Å². The van der Waals surface area contributed by atoms with Crippen LogP contribution < -0.4 is 0 Å². The molecule has 0 bridgehead atoms. The van der Waals surface area contributed by atoms with Crippen molar-refractivity contribution in [2.45, 2.75) is 43.9 Å². The van der Waals surface area contributed by atoms with Crippen LogP contribution in [0.4, 0.5) is 0 Å². The maximum Gasteiger partial charge on any atom is 0.164 e. The van der Waals surface area contributed by atoms with Crippen molar-refractivity contribution < 1.29 is 0 Å². The Morgan fingerprint density at radius 2 is 0.765 bits per heavy atom. The van der Waals surface area contributed by atoms with Crippen LogP contribution in [0.1, 0.15) is 77.7 Å². The fraction of sp³-hybridized carbons (Fsp3) is 0.0714. The van der Waals surface area contributed by atoms with Crippen molar-refractivity contribution in [3.8, 4) is 141 Å². The lowest BCUT2D eigenvalue weighted by atomic mass is 9.67. The first-order valence-corrected chi connectivity index (χ1v) is 35.6. The van der Waals surface area contributed by atoms with Gasteiger partial charge in [-0.05, 0) is 183 Å². The Morgan fingerprint density at radius 3 is 1.30 bits per heavy atom. The number of nitrogens with zero attached hydrogens (tertiary/aromatic N) is 4. The van der Waals surface area contributed by atoms with Crippen LogP contribution in [-0.2, 0) is 10.8 Å². The molecule has 478 valence electrons. The second-order valence-corrected chi connectivity index (χ2v) is 28.0. The summed E-state index contributed by atoms with van der Waals surface area (Å²) in [5, 5.41) is 1.24. The first-order chi connectivity index (χ1) is 50.4. The van der Waals surface area contributed by atoms with E-state index in [4.69, 9.17) is 15.0 Å². The average Bonchev–Trinajstić information content (AvgIpc) is 1.48. The van der Waals surface area contributed by atoms with Gasteiger partial charge in [0.05, 0.1) is 22.2 Å². The van der Waals surface area contributed by atoms with Crippen LogP contribution in [0, 0.1) is 11.8 Å². The number of benzene rings is 13. The Kier molecular flexibility index (Phi) is 13.6. The zero-order chi connectivity index (χ0) is 67.6. The molecule has 0 fully saturated rings. The Bertz CT molecular complexity index is 6070. The topological polar surface area (TPSA) is 43.6 Å². The molecule has 2 aromatic heterocycles. The van der Waals surface area contributed by atoms with Crippen LogP contribution >= 0.6 is 0 Å². The number of allylic oxidation sites excluding steroid dienone is 5. The van der Waals surface area contributed by atoms with Gasteiger partial charge in [0, 0.05) is 39.6 Å². The van der Waals surface area contributed by atoms with Gasteiger partial charge in [0.25, 0.3) is 0 Å². The van der Waals surface area contributed by atoms with Gasteiger partial charge in [-0.15, -0.1) is 0 Å². The summed E-state index contributed by atoms with van der Waals surface area (Å²) >= 11 is 0. The second-order valence-electron chi connectivity index (χ2n) is 28.0. The van der Waals surface area contributed by atoms with Crippen molar-refractivity contribution in [3.05, 3.63) is 372 Å². The first kappa shape index (κ1) is 59.3. The van der Waals surface area contributed by atoms with E-state index in [-0.39, 0.29) is 0 Å². The third-order valence-electron chi connectivity index (χ3n) is 22.2. The van der Waals surface area contributed by atoms with E-state index in [1.807, 2.05) is 36.4 Å². The maximum atomic E-state index is 5.22. The lowest BCUT2D eigenvalue weighted by molar-refractivity contribution is 0.661. The van der Waals surface area contributed by atoms with E-state index < -0.39 is 10.8 Å². The molecule has 0 N–H and O–H groups in total. The van der Waals surface area contributed by atoms with Crippen LogP contribution in [0.3, 0.4) is 0 Å². The molecule has 4 heteroatoms. The van der Waals surface area contributed by atoms with E-state index in [1.54, 1.807) is 0 Å². The van der Waals surface area contributed by atoms with Crippen LogP contribution in [-0.4, -0.2) is 19.5 Å². The Labute approximate surface area is 594 Å². The van der Waals surface area contributed by atoms with Crippen LogP contribution in [0.25, 0.3) is 151 Å². The van der Waals surface area contributed by atoms with Crippen molar-refractivity contribution in [3.63, 3.8) is 0 Å². The molecule has 0 amide bonds. The molecule has 102 heavy (non-hydrogen) atoms. The molecule has 0 radical (unpaired) electrons. The van der Waals surface area contributed by atoms with Crippen molar-refractivity contribution >= 4 is 22.6 Å². The molecule has 15 aromatic rings. The second kappa shape index (κ2) is 23.4. The summed E-state index contributed by atoms with van der Waals surface area (Å²) in [6, 6.07) is 112. The molecule has 1 atom stereocenters. The third kappa shape index (κ3) is 8.94. The minimum atomic E-state index is -0.472. The number of aromatic nitrogens is 4. The molecule has 4 nitrogen and oxygen atoms in total. The minimum absolute atomic E-state index is 0.440. The SMILES string of the molecule is CC1(C)c2cc(-c3nc(-c4ccccc4)nc(-c4ccccc4)n3)ccc2-c2ccc(-c3c(-c4ccccc4)c(-c4ccccc4)c(-c4ccccc4)c(-c4ccccc4)c3-c3ccc(-n4c5c(c6c7c(ccc64)-c4ccccc4C74C6=C(C=CCC6)c6ccccc64)C#CCC=C5)cc3)cc21. The molecule has 0 aliphatic heterocycles. The van der Waals surface area contributed by atoms with E-state index in [2.05, 4.69) is 321 Å². The van der Waals surface area contributed by atoms with E-state index >= 15 is 0 Å². The fourth-order valence-electron chi connectivity index (χ4n) is 17.9. The van der Waals surface area contributed by atoms with Gasteiger partial charge < -0.3 is 4.57 Å². The minimum Gasteiger partial charge on any atom is -0.309 e. The Morgan fingerprint density at radius 1 is 0.353 bits per heavy atom. The number of rotatable bonds is 10. The monoisotopic (exact) mass is 1300 g/mol. The lowest BCUT2D eigenvalue weighted by Gasteiger charge is -2.34. The van der Waals surface area contributed by atoms with Gasteiger partial charge >= 0.3 is 0 Å². The molecule has 5 aliphatic carbocycles. The van der Waals surface area contributed by atoms with Gasteiger partial charge in [-0.25, -0.2) is 15.0 Å². The molecule has 2 heterocycles. The van der Waals surface area contributed by atoms with Crippen molar-refractivity contribution in [2.24, 2.45) is 0 Å². The van der Waals surface area contributed by atoms with Gasteiger partial charge in [-0.1, -0.05) is 317 Å². The quantitative estimate of drug-likeness (QED) is 0.128. The summed E-state index contributed by atoms with van der Waals surface area (Å²) in [4.78, 5) is 15.5. The average molecular weight is 1300 g/mol. The maximum absolute atomic E-state index is 5.22. The summed E-state index contributed by atoms with van der Waals surface area (Å²) in [6.45, 7) is 4.77. The summed E-state index contributed by atoms with van der Waals surface area (Å²) in [6.07, 6.45) is 12.0. The van der Waals surface area contributed by atoms with E-state index in [9.17, 15) is 0 Å². The third-order valence-corrected chi connectivity index (χ3v) is 22.2. The molecule has 0 saturated heterocycles. The van der Waals surface area contributed by atoms with E-state index in [1.165, 1.54) is 94.4 Å². The molecule has 1 unspecified atom stereocenters. The predicted molar refractivity (Wildman–Crippen MR) is 421 cm³/mol. The number of hydrogen-bond acceptors (Lipinski definition) is 3. The standard InChI is InChI=1S/C98H66N4/c1-97(2)82-60-69(52-56-75(82)76-57-53-70(61-83(76)97)96-100-94(67-38-18-7-19-39-67)99-95(101-96)68-40-20-8-21-41-68)91-89(65-36-16-6-17-37-65)87(63-32-12-4-13-33-63)86(62-30-10-3-11-31-62)88(64-34-14-5-15-35-64)90(91)66-50-54-71(55-51-66)102-84-49-23-9-22-45-78(84)92-85(102)59-58-77-74-44-26-29-48-81(74)98(93(77)92)79-46-27-24-42-72(79)73-43-25-28-47-80(73)98/h3-8,10-21,23-27,29-44,46,48-61H,9,28,47H2,1-2H3. The van der Waals surface area contributed by atoms with Crippen LogP contribution in [0.15, 0.2) is 327 Å². The molecule has 5 aliphatic rings. The van der Waals surface area contributed by atoms with Gasteiger partial charge in [0.15, 0.2) is 17.5 Å². The summed E-state index contributed by atoms with van der Waals surface area (Å²) in [5.41, 5.74) is 36.0. The summed E-state index contributed by atoms with van der Waals surface area (Å²) in [7, 11) is 0. The van der Waals surface area contributed by atoms with Gasteiger partial charge in [-0.2, -0.15) is 0 Å². The van der Waals surface area contributed by atoms with Crippen LogP contribution in [0.5, 0.6) is 0 Å². The normalized spacial score (nSPS) is 15.2. The van der Waals surface area contributed by atoms with Gasteiger partial charge in [0.2, 0.25) is 0 Å². The van der Waals surface area contributed by atoms with Gasteiger partial charge in [-0.3, -0.25) is 0 Å². The number of fused-ring (bicyclic) bond motifs is 16. The Balaban J connectivity index is 0.828. The molecule has 1 spiro atoms. The summed E-state index contributed by atoms with van der Waals surface area (Å²) < 4.78 is 2.51. The van der Waals surface area contributed by atoms with Gasteiger partial charge in [0.1, 0.15) is 0 Å². The zero-order valence-electron chi connectivity index (χ0n) is 56.6. The van der Waals surface area contributed by atoms with E-state index in [0.29, 0.717) is 23.9 Å². The highest BCUT2D eigenvalue weighted by Crippen LogP contribution is 2.66. The van der Waals surface area contributed by atoms with Crippen LogP contribution in [0.2, 0.25) is 0 Å². The predicted octanol–water partition coefficient (Wildman–Crippen LogP) is 24.3. The molecule has 20 rings (SSSR count). The summed E-state index contributed by atoms with van der Waals surface area (Å²) in [5.74, 6) is 9.39.